The molecule has 0 aliphatic carbocycles. The monoisotopic (exact) mass is 415 g/mol. The molecule has 0 saturated carbocycles. The Morgan fingerprint density at radius 1 is 1.10 bits per heavy atom. The molecule has 1 amide bonds. The van der Waals surface area contributed by atoms with E-state index in [0.29, 0.717) is 23.5 Å². The number of aromatic nitrogens is 1. The fourth-order valence-electron chi connectivity index (χ4n) is 2.81. The van der Waals surface area contributed by atoms with E-state index in [1.165, 1.54) is 12.1 Å². The van der Waals surface area contributed by atoms with Crippen LogP contribution in [0.25, 0.3) is 11.0 Å². The Morgan fingerprint density at radius 2 is 1.76 bits per heavy atom. The van der Waals surface area contributed by atoms with Crippen molar-refractivity contribution in [2.24, 2.45) is 5.92 Å². The van der Waals surface area contributed by atoms with Gasteiger partial charge in [-0.3, -0.25) is 4.79 Å². The average Bonchev–Trinajstić information content (AvgIpc) is 3.02. The average molecular weight is 416 g/mol. The highest BCUT2D eigenvalue weighted by molar-refractivity contribution is 7.89. The lowest BCUT2D eigenvalue weighted by molar-refractivity contribution is -0.115. The van der Waals surface area contributed by atoms with Gasteiger partial charge in [0.2, 0.25) is 15.9 Å². The van der Waals surface area contributed by atoms with Crippen molar-refractivity contribution in [3.63, 3.8) is 0 Å². The molecule has 0 fully saturated rings. The van der Waals surface area contributed by atoms with E-state index in [1.54, 1.807) is 12.1 Å². The maximum Gasteiger partial charge on any atom is 0.240 e. The van der Waals surface area contributed by atoms with Crippen LogP contribution in [0.2, 0.25) is 0 Å². The van der Waals surface area contributed by atoms with E-state index in [-0.39, 0.29) is 23.1 Å². The Bertz CT molecular complexity index is 1130. The molecular formula is C21H25N3O4S. The van der Waals surface area contributed by atoms with Gasteiger partial charge in [-0.25, -0.2) is 13.1 Å². The molecule has 0 atom stereocenters. The lowest BCUT2D eigenvalue weighted by Crippen LogP contribution is -2.27. The van der Waals surface area contributed by atoms with Crippen molar-refractivity contribution < 1.29 is 17.7 Å². The first-order valence-corrected chi connectivity index (χ1v) is 10.9. The Labute approximate surface area is 170 Å². The van der Waals surface area contributed by atoms with Crippen molar-refractivity contribution in [3.05, 3.63) is 53.2 Å². The van der Waals surface area contributed by atoms with Crippen molar-refractivity contribution in [2.45, 2.75) is 39.0 Å². The smallest absolute Gasteiger partial charge is 0.240 e. The van der Waals surface area contributed by atoms with Crippen LogP contribution in [0, 0.1) is 19.8 Å². The number of carbonyl (C=O) groups is 1. The first-order valence-electron chi connectivity index (χ1n) is 9.41. The van der Waals surface area contributed by atoms with E-state index in [1.807, 2.05) is 39.8 Å². The molecule has 7 nitrogen and oxygen atoms in total. The SMILES string of the molecule is Cc1cc2onc(CC(=O)Nc3ccc(S(=O)(=O)NCC(C)C)cc3)c2cc1C. The third kappa shape index (κ3) is 5.02. The number of hydrogen-bond donors (Lipinski definition) is 2. The van der Waals surface area contributed by atoms with Gasteiger partial charge in [0, 0.05) is 17.6 Å². The molecule has 0 bridgehead atoms. The van der Waals surface area contributed by atoms with Gasteiger partial charge >= 0.3 is 0 Å². The number of nitrogens with one attached hydrogen (secondary N) is 2. The van der Waals surface area contributed by atoms with Gasteiger partial charge < -0.3 is 9.84 Å². The number of amides is 1. The Hall–Kier alpha value is -2.71. The zero-order valence-corrected chi connectivity index (χ0v) is 17.8. The maximum absolute atomic E-state index is 12.4. The van der Waals surface area contributed by atoms with Crippen LogP contribution in [0.4, 0.5) is 5.69 Å². The third-order valence-corrected chi connectivity index (χ3v) is 6.06. The van der Waals surface area contributed by atoms with Crippen molar-refractivity contribution in [3.8, 4) is 0 Å². The highest BCUT2D eigenvalue weighted by Gasteiger charge is 2.16. The number of anilines is 1. The van der Waals surface area contributed by atoms with E-state index in [4.69, 9.17) is 4.52 Å². The molecule has 1 heterocycles. The number of fused-ring (bicyclic) bond motifs is 1. The van der Waals surface area contributed by atoms with Crippen molar-refractivity contribution in [1.82, 2.24) is 9.88 Å². The van der Waals surface area contributed by atoms with Gasteiger partial charge in [0.05, 0.1) is 11.3 Å². The molecule has 0 unspecified atom stereocenters. The summed E-state index contributed by atoms with van der Waals surface area (Å²) in [6.07, 6.45) is 0.0610. The van der Waals surface area contributed by atoms with E-state index < -0.39 is 10.0 Å². The molecule has 0 radical (unpaired) electrons. The lowest BCUT2D eigenvalue weighted by Gasteiger charge is -2.10. The molecular weight excluding hydrogens is 390 g/mol. The standard InChI is InChI=1S/C21H25N3O4S/c1-13(2)12-22-29(26,27)17-7-5-16(6-8-17)23-21(25)11-19-18-9-14(3)15(4)10-20(18)28-24-19/h5-10,13,22H,11-12H2,1-4H3,(H,23,25). The van der Waals surface area contributed by atoms with E-state index in [2.05, 4.69) is 15.2 Å². The quantitative estimate of drug-likeness (QED) is 0.614. The zero-order chi connectivity index (χ0) is 21.2. The van der Waals surface area contributed by atoms with Gasteiger partial charge in [0.1, 0.15) is 5.69 Å². The summed E-state index contributed by atoms with van der Waals surface area (Å²) in [5.41, 5.74) is 3.93. The number of rotatable bonds is 7. The van der Waals surface area contributed by atoms with Gasteiger partial charge in [0.25, 0.3) is 0 Å². The summed E-state index contributed by atoms with van der Waals surface area (Å²) in [5.74, 6) is -0.0457. The molecule has 3 rings (SSSR count). The van der Waals surface area contributed by atoms with Crippen molar-refractivity contribution in [2.75, 3.05) is 11.9 Å². The molecule has 8 heteroatoms. The van der Waals surface area contributed by atoms with Crippen LogP contribution >= 0.6 is 0 Å². The highest BCUT2D eigenvalue weighted by Crippen LogP contribution is 2.23. The molecule has 2 N–H and O–H groups in total. The Kier molecular flexibility index (Phi) is 6.04. The molecule has 1 aromatic heterocycles. The van der Waals surface area contributed by atoms with Crippen LogP contribution in [-0.2, 0) is 21.2 Å². The second-order valence-corrected chi connectivity index (χ2v) is 9.32. The Morgan fingerprint density at radius 3 is 2.41 bits per heavy atom. The molecule has 0 saturated heterocycles. The minimum atomic E-state index is -3.56. The topological polar surface area (TPSA) is 101 Å². The number of sulfonamides is 1. The van der Waals surface area contributed by atoms with Gasteiger partial charge in [-0.15, -0.1) is 0 Å². The van der Waals surface area contributed by atoms with Gasteiger partial charge in [-0.2, -0.15) is 0 Å². The fourth-order valence-corrected chi connectivity index (χ4v) is 4.02. The second kappa shape index (κ2) is 8.34. The summed E-state index contributed by atoms with van der Waals surface area (Å²) in [6.45, 7) is 8.22. The molecule has 0 aliphatic heterocycles. The first kappa shape index (κ1) is 21.0. The van der Waals surface area contributed by atoms with Crippen LogP contribution in [0.5, 0.6) is 0 Å². The molecule has 2 aromatic carbocycles. The summed E-state index contributed by atoms with van der Waals surface area (Å²) < 4.78 is 32.4. The Balaban J connectivity index is 1.68. The minimum absolute atomic E-state index is 0.0610. The maximum atomic E-state index is 12.4. The van der Waals surface area contributed by atoms with E-state index in [9.17, 15) is 13.2 Å². The van der Waals surface area contributed by atoms with Gasteiger partial charge in [-0.05, 0) is 67.3 Å². The first-order chi connectivity index (χ1) is 13.7. The molecule has 29 heavy (non-hydrogen) atoms. The van der Waals surface area contributed by atoms with Crippen LogP contribution in [0.3, 0.4) is 0 Å². The predicted octanol–water partition coefficient (Wildman–Crippen LogP) is 3.56. The van der Waals surface area contributed by atoms with Crippen LogP contribution < -0.4 is 10.0 Å². The van der Waals surface area contributed by atoms with Crippen molar-refractivity contribution >= 4 is 32.6 Å². The summed E-state index contributed by atoms with van der Waals surface area (Å²) in [4.78, 5) is 12.6. The second-order valence-electron chi connectivity index (χ2n) is 7.56. The number of aryl methyl sites for hydroxylation is 2. The van der Waals surface area contributed by atoms with E-state index in [0.717, 1.165) is 16.5 Å². The van der Waals surface area contributed by atoms with E-state index >= 15 is 0 Å². The number of carbonyl (C=O) groups excluding carboxylic acids is 1. The third-order valence-electron chi connectivity index (χ3n) is 4.62. The van der Waals surface area contributed by atoms with Crippen molar-refractivity contribution in [1.29, 1.82) is 0 Å². The highest BCUT2D eigenvalue weighted by atomic mass is 32.2. The minimum Gasteiger partial charge on any atom is -0.356 e. The predicted molar refractivity (Wildman–Crippen MR) is 112 cm³/mol. The summed E-state index contributed by atoms with van der Waals surface area (Å²) in [5, 5.41) is 7.60. The molecule has 0 spiro atoms. The lowest BCUT2D eigenvalue weighted by atomic mass is 10.1. The van der Waals surface area contributed by atoms with Gasteiger partial charge in [-0.1, -0.05) is 19.0 Å². The molecule has 0 aliphatic rings. The van der Waals surface area contributed by atoms with Crippen LogP contribution in [-0.4, -0.2) is 26.0 Å². The number of nitrogens with zero attached hydrogens (tertiary/aromatic N) is 1. The number of hydrogen-bond acceptors (Lipinski definition) is 5. The van der Waals surface area contributed by atoms with Crippen LogP contribution in [0.15, 0.2) is 45.8 Å². The summed E-state index contributed by atoms with van der Waals surface area (Å²) >= 11 is 0. The normalized spacial score (nSPS) is 11.9. The van der Waals surface area contributed by atoms with Crippen LogP contribution in [0.1, 0.15) is 30.7 Å². The largest absolute Gasteiger partial charge is 0.356 e. The fraction of sp³-hybridized carbons (Fsp3) is 0.333. The molecule has 154 valence electrons. The zero-order valence-electron chi connectivity index (χ0n) is 16.9. The summed E-state index contributed by atoms with van der Waals surface area (Å²) in [6, 6.07) is 9.94. The summed E-state index contributed by atoms with van der Waals surface area (Å²) in [7, 11) is -3.56. The molecule has 3 aromatic rings. The number of benzene rings is 2. The van der Waals surface area contributed by atoms with Gasteiger partial charge in [0.15, 0.2) is 5.58 Å².